The lowest BCUT2D eigenvalue weighted by molar-refractivity contribution is -0.118. The molecule has 0 aliphatic carbocycles. The summed E-state index contributed by atoms with van der Waals surface area (Å²) in [4.78, 5) is 18.5. The SMILES string of the molecule is O=C(CN1CCNCC1c1cccnc1)Nc1cccc(F)c1. The van der Waals surface area contributed by atoms with Gasteiger partial charge in [-0.3, -0.25) is 14.7 Å². The van der Waals surface area contributed by atoms with Crippen molar-refractivity contribution in [1.29, 1.82) is 0 Å². The molecule has 0 spiro atoms. The zero-order valence-corrected chi connectivity index (χ0v) is 12.7. The molecule has 1 aromatic heterocycles. The third kappa shape index (κ3) is 4.12. The number of benzene rings is 1. The Morgan fingerprint density at radius 3 is 3.09 bits per heavy atom. The van der Waals surface area contributed by atoms with E-state index in [0.29, 0.717) is 5.69 Å². The van der Waals surface area contributed by atoms with Crippen LogP contribution in [0.15, 0.2) is 48.8 Å². The van der Waals surface area contributed by atoms with Crippen LogP contribution in [-0.2, 0) is 4.79 Å². The summed E-state index contributed by atoms with van der Waals surface area (Å²) in [6.07, 6.45) is 3.57. The molecule has 1 fully saturated rings. The van der Waals surface area contributed by atoms with E-state index in [-0.39, 0.29) is 24.3 Å². The predicted molar refractivity (Wildman–Crippen MR) is 86.5 cm³/mol. The molecule has 1 amide bonds. The van der Waals surface area contributed by atoms with Gasteiger partial charge in [-0.2, -0.15) is 0 Å². The molecule has 1 atom stereocenters. The molecule has 1 aromatic carbocycles. The summed E-state index contributed by atoms with van der Waals surface area (Å²) in [6.45, 7) is 2.65. The van der Waals surface area contributed by atoms with Crippen molar-refractivity contribution in [3.8, 4) is 0 Å². The standard InChI is InChI=1S/C17H19FN4O/c18-14-4-1-5-15(9-14)21-17(23)12-22-8-7-20-11-16(22)13-3-2-6-19-10-13/h1-6,9-10,16,20H,7-8,11-12H2,(H,21,23). The fraction of sp³-hybridized carbons (Fsp3) is 0.294. The Kier molecular flexibility index (Phi) is 4.95. The monoisotopic (exact) mass is 314 g/mol. The Morgan fingerprint density at radius 2 is 2.30 bits per heavy atom. The fourth-order valence-electron chi connectivity index (χ4n) is 2.79. The number of nitrogens with one attached hydrogen (secondary N) is 2. The lowest BCUT2D eigenvalue weighted by Crippen LogP contribution is -2.48. The van der Waals surface area contributed by atoms with E-state index >= 15 is 0 Å². The van der Waals surface area contributed by atoms with Crippen molar-refractivity contribution >= 4 is 11.6 Å². The predicted octanol–water partition coefficient (Wildman–Crippen LogP) is 1.81. The van der Waals surface area contributed by atoms with E-state index in [2.05, 4.69) is 20.5 Å². The van der Waals surface area contributed by atoms with Crippen LogP contribution in [0.4, 0.5) is 10.1 Å². The number of pyridine rings is 1. The van der Waals surface area contributed by atoms with Gasteiger partial charge in [-0.1, -0.05) is 12.1 Å². The second-order valence-electron chi connectivity index (χ2n) is 5.54. The molecule has 0 saturated carbocycles. The second kappa shape index (κ2) is 7.30. The van der Waals surface area contributed by atoms with E-state index in [1.807, 2.05) is 18.3 Å². The van der Waals surface area contributed by atoms with Gasteiger partial charge < -0.3 is 10.6 Å². The van der Waals surface area contributed by atoms with Gasteiger partial charge in [-0.15, -0.1) is 0 Å². The van der Waals surface area contributed by atoms with E-state index in [0.717, 1.165) is 25.2 Å². The first-order valence-electron chi connectivity index (χ1n) is 7.62. The number of aromatic nitrogens is 1. The van der Waals surface area contributed by atoms with Gasteiger partial charge in [0.1, 0.15) is 5.82 Å². The molecular weight excluding hydrogens is 295 g/mol. The van der Waals surface area contributed by atoms with Gasteiger partial charge in [0, 0.05) is 43.8 Å². The van der Waals surface area contributed by atoms with E-state index in [9.17, 15) is 9.18 Å². The number of anilines is 1. The first-order chi connectivity index (χ1) is 11.2. The van der Waals surface area contributed by atoms with Crippen molar-refractivity contribution in [2.45, 2.75) is 6.04 Å². The highest BCUT2D eigenvalue weighted by Gasteiger charge is 2.25. The second-order valence-corrected chi connectivity index (χ2v) is 5.54. The first kappa shape index (κ1) is 15.6. The van der Waals surface area contributed by atoms with Crippen molar-refractivity contribution in [3.63, 3.8) is 0 Å². The Balaban J connectivity index is 1.66. The number of rotatable bonds is 4. The minimum atomic E-state index is -0.363. The summed E-state index contributed by atoms with van der Waals surface area (Å²) < 4.78 is 13.2. The molecule has 120 valence electrons. The van der Waals surface area contributed by atoms with Crippen LogP contribution >= 0.6 is 0 Å². The number of amides is 1. The van der Waals surface area contributed by atoms with Crippen molar-refractivity contribution in [3.05, 3.63) is 60.2 Å². The summed E-state index contributed by atoms with van der Waals surface area (Å²) in [5, 5.41) is 6.09. The fourth-order valence-corrected chi connectivity index (χ4v) is 2.79. The Hall–Kier alpha value is -2.31. The molecule has 0 radical (unpaired) electrons. The maximum Gasteiger partial charge on any atom is 0.238 e. The summed E-state index contributed by atoms with van der Waals surface area (Å²) >= 11 is 0. The zero-order valence-electron chi connectivity index (χ0n) is 12.7. The largest absolute Gasteiger partial charge is 0.325 e. The third-order valence-corrected chi connectivity index (χ3v) is 3.88. The smallest absolute Gasteiger partial charge is 0.238 e. The van der Waals surface area contributed by atoms with Crippen molar-refractivity contribution in [2.24, 2.45) is 0 Å². The van der Waals surface area contributed by atoms with Gasteiger partial charge in [-0.25, -0.2) is 4.39 Å². The molecular formula is C17H19FN4O. The molecule has 5 nitrogen and oxygen atoms in total. The van der Waals surface area contributed by atoms with Gasteiger partial charge >= 0.3 is 0 Å². The molecule has 23 heavy (non-hydrogen) atoms. The number of halogens is 1. The topological polar surface area (TPSA) is 57.3 Å². The highest BCUT2D eigenvalue weighted by Crippen LogP contribution is 2.21. The third-order valence-electron chi connectivity index (χ3n) is 3.88. The number of carbonyl (C=O) groups excluding carboxylic acids is 1. The molecule has 1 saturated heterocycles. The zero-order chi connectivity index (χ0) is 16.1. The van der Waals surface area contributed by atoms with Gasteiger partial charge in [0.05, 0.1) is 6.54 Å². The first-order valence-corrected chi connectivity index (χ1v) is 7.62. The van der Waals surface area contributed by atoms with Crippen LogP contribution in [0.5, 0.6) is 0 Å². The quantitative estimate of drug-likeness (QED) is 0.904. The van der Waals surface area contributed by atoms with Crippen LogP contribution in [0.3, 0.4) is 0 Å². The lowest BCUT2D eigenvalue weighted by atomic mass is 10.1. The number of piperazine rings is 1. The van der Waals surface area contributed by atoms with E-state index in [4.69, 9.17) is 0 Å². The summed E-state index contributed by atoms with van der Waals surface area (Å²) in [5.41, 5.74) is 1.56. The normalized spacial score (nSPS) is 18.6. The highest BCUT2D eigenvalue weighted by molar-refractivity contribution is 5.92. The van der Waals surface area contributed by atoms with E-state index in [1.165, 1.54) is 12.1 Å². The number of hydrogen-bond donors (Lipinski definition) is 2. The average molecular weight is 314 g/mol. The van der Waals surface area contributed by atoms with Crippen molar-refractivity contribution in [2.75, 3.05) is 31.5 Å². The van der Waals surface area contributed by atoms with Crippen LogP contribution in [0.1, 0.15) is 11.6 Å². The summed E-state index contributed by atoms with van der Waals surface area (Å²) in [5.74, 6) is -0.510. The van der Waals surface area contributed by atoms with Crippen LogP contribution < -0.4 is 10.6 Å². The minimum absolute atomic E-state index is 0.107. The molecule has 1 aliphatic heterocycles. The van der Waals surface area contributed by atoms with Crippen LogP contribution in [0.25, 0.3) is 0 Å². The van der Waals surface area contributed by atoms with Crippen LogP contribution in [0.2, 0.25) is 0 Å². The van der Waals surface area contributed by atoms with Gasteiger partial charge in [0.2, 0.25) is 5.91 Å². The molecule has 1 unspecified atom stereocenters. The molecule has 1 aliphatic rings. The van der Waals surface area contributed by atoms with Crippen molar-refractivity contribution in [1.82, 2.24) is 15.2 Å². The highest BCUT2D eigenvalue weighted by atomic mass is 19.1. The van der Waals surface area contributed by atoms with Gasteiger partial charge in [0.25, 0.3) is 0 Å². The molecule has 2 N–H and O–H groups in total. The van der Waals surface area contributed by atoms with E-state index < -0.39 is 0 Å². The maximum atomic E-state index is 13.2. The lowest BCUT2D eigenvalue weighted by Gasteiger charge is -2.35. The van der Waals surface area contributed by atoms with Gasteiger partial charge in [-0.05, 0) is 29.8 Å². The molecule has 6 heteroatoms. The molecule has 3 rings (SSSR count). The number of nitrogens with zero attached hydrogens (tertiary/aromatic N) is 2. The number of carbonyl (C=O) groups is 1. The van der Waals surface area contributed by atoms with Crippen LogP contribution in [-0.4, -0.2) is 42.0 Å². The van der Waals surface area contributed by atoms with Crippen LogP contribution in [0, 0.1) is 5.82 Å². The Labute approximate surface area is 134 Å². The Bertz CT molecular complexity index is 665. The molecule has 2 aromatic rings. The average Bonchev–Trinajstić information content (AvgIpc) is 2.56. The molecule has 2 heterocycles. The molecule has 0 bridgehead atoms. The van der Waals surface area contributed by atoms with E-state index in [1.54, 1.807) is 18.3 Å². The Morgan fingerprint density at radius 1 is 1.39 bits per heavy atom. The minimum Gasteiger partial charge on any atom is -0.325 e. The van der Waals surface area contributed by atoms with Gasteiger partial charge in [0.15, 0.2) is 0 Å². The maximum absolute atomic E-state index is 13.2. The number of hydrogen-bond acceptors (Lipinski definition) is 4. The summed E-state index contributed by atoms with van der Waals surface area (Å²) in [7, 11) is 0. The van der Waals surface area contributed by atoms with Crippen molar-refractivity contribution < 1.29 is 9.18 Å². The summed E-state index contributed by atoms with van der Waals surface area (Å²) in [6, 6.07) is 9.94.